The van der Waals surface area contributed by atoms with Gasteiger partial charge in [0, 0.05) is 13.1 Å². The van der Waals surface area contributed by atoms with Gasteiger partial charge in [-0.05, 0) is 49.6 Å². The Bertz CT molecular complexity index is 1120. The van der Waals surface area contributed by atoms with Crippen LogP contribution in [0.5, 0.6) is 5.75 Å². The molecule has 2 amide bonds. The van der Waals surface area contributed by atoms with Crippen molar-refractivity contribution in [3.63, 3.8) is 0 Å². The maximum Gasteiger partial charge on any atom is 0.244 e. The Morgan fingerprint density at radius 2 is 1.85 bits per heavy atom. The highest BCUT2D eigenvalue weighted by atomic mass is 35.5. The van der Waals surface area contributed by atoms with Gasteiger partial charge in [0.25, 0.3) is 0 Å². The number of hydrogen-bond donors (Lipinski definition) is 1. The number of aryl methyl sites for hydroxylation is 1. The lowest BCUT2D eigenvalue weighted by molar-refractivity contribution is -0.139. The largest absolute Gasteiger partial charge is 0.495 e. The van der Waals surface area contributed by atoms with Gasteiger partial charge in [-0.2, -0.15) is 0 Å². The normalized spacial score (nSPS) is 12.1. The van der Waals surface area contributed by atoms with Crippen LogP contribution in [0.2, 0.25) is 5.02 Å². The van der Waals surface area contributed by atoms with Crippen molar-refractivity contribution in [3.05, 3.63) is 58.6 Å². The summed E-state index contributed by atoms with van der Waals surface area (Å²) in [5.41, 5.74) is 2.05. The first-order chi connectivity index (χ1) is 16.0. The maximum absolute atomic E-state index is 13.5. The lowest BCUT2D eigenvalue weighted by Crippen LogP contribution is -2.51. The molecular weight excluding hydrogens is 478 g/mol. The number of nitrogens with zero attached hydrogens (tertiary/aromatic N) is 2. The van der Waals surface area contributed by atoms with E-state index in [1.165, 1.54) is 30.2 Å². The van der Waals surface area contributed by atoms with E-state index in [1.54, 1.807) is 6.92 Å². The van der Waals surface area contributed by atoms with Crippen LogP contribution in [-0.2, 0) is 26.2 Å². The lowest BCUT2D eigenvalue weighted by atomic mass is 10.1. The molecule has 2 aromatic carbocycles. The number of methoxy groups -OCH3 is 1. The Kier molecular flexibility index (Phi) is 9.76. The molecule has 1 atom stereocenters. The summed E-state index contributed by atoms with van der Waals surface area (Å²) in [5, 5.41) is 3.02. The zero-order valence-electron chi connectivity index (χ0n) is 20.2. The van der Waals surface area contributed by atoms with Crippen LogP contribution in [0.3, 0.4) is 0 Å². The molecule has 0 radical (unpaired) electrons. The third kappa shape index (κ3) is 7.11. The van der Waals surface area contributed by atoms with E-state index in [9.17, 15) is 18.0 Å². The fourth-order valence-electron chi connectivity index (χ4n) is 3.37. The summed E-state index contributed by atoms with van der Waals surface area (Å²) in [4.78, 5) is 27.6. The SMILES string of the molecule is CCCNC(=O)[C@H](C)N(Cc1ccccc1C)C(=O)CN(c1ccc(OC)c(Cl)c1)S(C)(=O)=O. The second-order valence-corrected chi connectivity index (χ2v) is 10.3. The van der Waals surface area contributed by atoms with Crippen molar-refractivity contribution in [1.82, 2.24) is 10.2 Å². The van der Waals surface area contributed by atoms with E-state index in [1.807, 2.05) is 38.1 Å². The van der Waals surface area contributed by atoms with Gasteiger partial charge in [0.1, 0.15) is 18.3 Å². The predicted octanol–water partition coefficient (Wildman–Crippen LogP) is 3.37. The summed E-state index contributed by atoms with van der Waals surface area (Å²) in [6, 6.07) is 11.2. The molecule has 0 bridgehead atoms. The summed E-state index contributed by atoms with van der Waals surface area (Å²) in [6.45, 7) is 5.64. The van der Waals surface area contributed by atoms with Crippen LogP contribution in [0.15, 0.2) is 42.5 Å². The summed E-state index contributed by atoms with van der Waals surface area (Å²) >= 11 is 6.19. The van der Waals surface area contributed by atoms with Gasteiger partial charge in [-0.15, -0.1) is 0 Å². The van der Waals surface area contributed by atoms with Crippen molar-refractivity contribution in [2.75, 3.05) is 30.8 Å². The minimum Gasteiger partial charge on any atom is -0.495 e. The van der Waals surface area contributed by atoms with Crippen LogP contribution < -0.4 is 14.4 Å². The number of halogens is 1. The Morgan fingerprint density at radius 3 is 2.41 bits per heavy atom. The number of carbonyl (C=O) groups is 2. The highest BCUT2D eigenvalue weighted by molar-refractivity contribution is 7.92. The molecule has 0 fully saturated rings. The van der Waals surface area contributed by atoms with Gasteiger partial charge in [0.05, 0.1) is 24.1 Å². The number of anilines is 1. The van der Waals surface area contributed by atoms with E-state index < -0.39 is 28.5 Å². The fourth-order valence-corrected chi connectivity index (χ4v) is 4.47. The number of nitrogens with one attached hydrogen (secondary N) is 1. The number of benzene rings is 2. The van der Waals surface area contributed by atoms with Crippen LogP contribution in [0.25, 0.3) is 0 Å². The predicted molar refractivity (Wildman–Crippen MR) is 135 cm³/mol. The standard InChI is InChI=1S/C24H32ClN3O5S/c1-6-13-26-24(30)18(3)27(15-19-10-8-7-9-17(19)2)23(29)16-28(34(5,31)32)20-11-12-22(33-4)21(25)14-20/h7-12,14,18H,6,13,15-16H2,1-5H3,(H,26,30)/t18-/m0/s1. The first-order valence-corrected chi connectivity index (χ1v) is 13.1. The molecule has 34 heavy (non-hydrogen) atoms. The zero-order valence-corrected chi connectivity index (χ0v) is 21.7. The average molecular weight is 510 g/mol. The molecule has 0 aliphatic heterocycles. The molecule has 2 aromatic rings. The zero-order chi connectivity index (χ0) is 25.5. The summed E-state index contributed by atoms with van der Waals surface area (Å²) < 4.78 is 31.3. The first-order valence-electron chi connectivity index (χ1n) is 10.9. The Morgan fingerprint density at radius 1 is 1.18 bits per heavy atom. The number of hydrogen-bond acceptors (Lipinski definition) is 5. The van der Waals surface area contributed by atoms with Crippen molar-refractivity contribution in [2.45, 2.75) is 39.8 Å². The second-order valence-electron chi connectivity index (χ2n) is 8.00. The molecule has 0 aliphatic carbocycles. The molecule has 2 rings (SSSR count). The van der Waals surface area contributed by atoms with E-state index in [2.05, 4.69) is 5.32 Å². The van der Waals surface area contributed by atoms with Gasteiger partial charge in [-0.1, -0.05) is 42.8 Å². The van der Waals surface area contributed by atoms with Crippen molar-refractivity contribution < 1.29 is 22.7 Å². The minimum atomic E-state index is -3.84. The molecule has 8 nitrogen and oxygen atoms in total. The fraction of sp³-hybridized carbons (Fsp3) is 0.417. The first kappa shape index (κ1) is 27.5. The number of carbonyl (C=O) groups excluding carboxylic acids is 2. The molecule has 0 saturated heterocycles. The van der Waals surface area contributed by atoms with Gasteiger partial charge >= 0.3 is 0 Å². The molecule has 0 saturated carbocycles. The topological polar surface area (TPSA) is 96.0 Å². The number of amides is 2. The van der Waals surface area contributed by atoms with Gasteiger partial charge in [-0.3, -0.25) is 13.9 Å². The maximum atomic E-state index is 13.5. The van der Waals surface area contributed by atoms with Crippen molar-refractivity contribution in [2.24, 2.45) is 0 Å². The monoisotopic (exact) mass is 509 g/mol. The van der Waals surface area contributed by atoms with Crippen LogP contribution in [0.1, 0.15) is 31.4 Å². The molecule has 0 spiro atoms. The molecular formula is C24H32ClN3O5S. The quantitative estimate of drug-likeness (QED) is 0.501. The van der Waals surface area contributed by atoms with Crippen LogP contribution in [0.4, 0.5) is 5.69 Å². The lowest BCUT2D eigenvalue weighted by Gasteiger charge is -2.32. The van der Waals surface area contributed by atoms with Gasteiger partial charge < -0.3 is 15.0 Å². The number of rotatable bonds is 11. The minimum absolute atomic E-state index is 0.160. The van der Waals surface area contributed by atoms with E-state index in [0.29, 0.717) is 12.3 Å². The van der Waals surface area contributed by atoms with Crippen LogP contribution in [-0.4, -0.2) is 57.6 Å². The van der Waals surface area contributed by atoms with Crippen LogP contribution in [0, 0.1) is 6.92 Å². The van der Waals surface area contributed by atoms with Crippen molar-refractivity contribution in [3.8, 4) is 5.75 Å². The number of ether oxygens (including phenoxy) is 1. The summed E-state index contributed by atoms with van der Waals surface area (Å²) in [5.74, 6) is -0.436. The third-order valence-electron chi connectivity index (χ3n) is 5.42. The van der Waals surface area contributed by atoms with E-state index in [4.69, 9.17) is 16.3 Å². The number of sulfonamides is 1. The highest BCUT2D eigenvalue weighted by Crippen LogP contribution is 2.30. The van der Waals surface area contributed by atoms with Gasteiger partial charge in [0.2, 0.25) is 21.8 Å². The molecule has 186 valence electrons. The van der Waals surface area contributed by atoms with E-state index in [0.717, 1.165) is 28.1 Å². The molecule has 0 unspecified atom stereocenters. The Balaban J connectivity index is 2.41. The second kappa shape index (κ2) is 12.1. The molecule has 0 heterocycles. The van der Waals surface area contributed by atoms with Gasteiger partial charge in [0.15, 0.2) is 0 Å². The van der Waals surface area contributed by atoms with Crippen molar-refractivity contribution in [1.29, 1.82) is 0 Å². The Hall–Kier alpha value is -2.78. The Labute approximate surface area is 206 Å². The average Bonchev–Trinajstić information content (AvgIpc) is 2.79. The van der Waals surface area contributed by atoms with E-state index in [-0.39, 0.29) is 23.2 Å². The molecule has 10 heteroatoms. The van der Waals surface area contributed by atoms with E-state index >= 15 is 0 Å². The highest BCUT2D eigenvalue weighted by Gasteiger charge is 2.30. The van der Waals surface area contributed by atoms with Crippen molar-refractivity contribution >= 4 is 39.1 Å². The molecule has 0 aromatic heterocycles. The smallest absolute Gasteiger partial charge is 0.244 e. The third-order valence-corrected chi connectivity index (χ3v) is 6.86. The molecule has 1 N–H and O–H groups in total. The van der Waals surface area contributed by atoms with Crippen LogP contribution >= 0.6 is 11.6 Å². The summed E-state index contributed by atoms with van der Waals surface area (Å²) in [7, 11) is -2.39. The molecule has 0 aliphatic rings. The van der Waals surface area contributed by atoms with Gasteiger partial charge in [-0.25, -0.2) is 8.42 Å². The summed E-state index contributed by atoms with van der Waals surface area (Å²) in [6.07, 6.45) is 1.77.